The topological polar surface area (TPSA) is 65.0 Å². The van der Waals surface area contributed by atoms with Gasteiger partial charge in [-0.05, 0) is 58.7 Å². The molecule has 3 aromatic heterocycles. The third kappa shape index (κ3) is 5.45. The van der Waals surface area contributed by atoms with Crippen molar-refractivity contribution in [1.82, 2.24) is 15.0 Å². The minimum atomic E-state index is 0.603. The lowest BCUT2D eigenvalue weighted by Gasteiger charge is -2.12. The van der Waals surface area contributed by atoms with Gasteiger partial charge in [-0.25, -0.2) is 15.0 Å². The molecule has 3 heterocycles. The predicted octanol–water partition coefficient (Wildman–Crippen LogP) is 13.7. The lowest BCUT2D eigenvalue weighted by atomic mass is 9.95. The van der Waals surface area contributed by atoms with Gasteiger partial charge in [0.25, 0.3) is 0 Å². The van der Waals surface area contributed by atoms with Crippen molar-refractivity contribution in [2.45, 2.75) is 0 Å². The molecule has 0 spiro atoms. The molecule has 5 nitrogen and oxygen atoms in total. The normalized spacial score (nSPS) is 11.6. The molecule has 0 radical (unpaired) electrons. The molecule has 0 saturated heterocycles. The first-order valence-corrected chi connectivity index (χ1v) is 18.7. The molecule has 0 amide bonds. The second kappa shape index (κ2) is 13.0. The highest BCUT2D eigenvalue weighted by molar-refractivity contribution is 6.15. The number of nitrogens with zero attached hydrogens (tertiary/aromatic N) is 3. The van der Waals surface area contributed by atoms with Crippen molar-refractivity contribution in [1.29, 1.82) is 0 Å². The third-order valence-electron chi connectivity index (χ3n) is 10.5. The van der Waals surface area contributed by atoms with Gasteiger partial charge in [-0.2, -0.15) is 0 Å². The van der Waals surface area contributed by atoms with Gasteiger partial charge in [0.1, 0.15) is 22.3 Å². The summed E-state index contributed by atoms with van der Waals surface area (Å²) >= 11 is 0. The molecular weight excluding hydrogens is 687 g/mol. The Morgan fingerprint density at radius 1 is 0.268 bits per heavy atom. The Balaban J connectivity index is 1.08. The highest BCUT2D eigenvalue weighted by Gasteiger charge is 2.19. The molecule has 0 fully saturated rings. The number of aromatic nitrogens is 3. The molecule has 11 rings (SSSR count). The Kier molecular flexibility index (Phi) is 7.42. The Bertz CT molecular complexity index is 3180. The van der Waals surface area contributed by atoms with Crippen LogP contribution in [0.3, 0.4) is 0 Å². The van der Waals surface area contributed by atoms with Crippen molar-refractivity contribution in [2.24, 2.45) is 0 Å². The van der Waals surface area contributed by atoms with Crippen LogP contribution in [-0.4, -0.2) is 15.0 Å². The summed E-state index contributed by atoms with van der Waals surface area (Å²) in [5.74, 6) is 1.85. The summed E-state index contributed by atoms with van der Waals surface area (Å²) in [4.78, 5) is 15.1. The molecule has 11 aromatic rings. The number of para-hydroxylation sites is 3. The van der Waals surface area contributed by atoms with Crippen LogP contribution in [0.4, 0.5) is 0 Å². The van der Waals surface area contributed by atoms with Crippen LogP contribution in [0.1, 0.15) is 0 Å². The number of benzene rings is 8. The zero-order valence-corrected chi connectivity index (χ0v) is 30.1. The molecule has 0 aliphatic heterocycles. The molecule has 5 heteroatoms. The van der Waals surface area contributed by atoms with Crippen LogP contribution in [0, 0.1) is 0 Å². The van der Waals surface area contributed by atoms with Crippen molar-refractivity contribution < 1.29 is 8.83 Å². The Morgan fingerprint density at radius 3 is 1.32 bits per heavy atom. The maximum atomic E-state index is 6.81. The summed E-state index contributed by atoms with van der Waals surface area (Å²) < 4.78 is 13.3. The van der Waals surface area contributed by atoms with Gasteiger partial charge >= 0.3 is 0 Å². The fraction of sp³-hybridized carbons (Fsp3) is 0. The average Bonchev–Trinajstić information content (AvgIpc) is 3.85. The summed E-state index contributed by atoms with van der Waals surface area (Å²) in [5, 5.41) is 4.31. The minimum absolute atomic E-state index is 0.603. The molecule has 0 bridgehead atoms. The van der Waals surface area contributed by atoms with Crippen LogP contribution in [0.15, 0.2) is 197 Å². The standard InChI is InChI=1S/C51H31N3O2/c1-4-14-32(15-5-1)36-28-37(30-38(29-36)51-53-49(33-16-6-2-7-17-33)52-50(54-51)34-18-8-3-9-19-34)35-26-27-40-42-22-13-24-44(48(42)56-46(40)31-35)43-23-12-21-41-39-20-10-11-25-45(39)55-47(41)43/h1-31H. The number of hydrogen-bond donors (Lipinski definition) is 0. The summed E-state index contributed by atoms with van der Waals surface area (Å²) in [6.07, 6.45) is 0. The largest absolute Gasteiger partial charge is 0.455 e. The van der Waals surface area contributed by atoms with E-state index in [1.165, 1.54) is 0 Å². The van der Waals surface area contributed by atoms with E-state index in [9.17, 15) is 0 Å². The molecule has 0 saturated carbocycles. The fourth-order valence-corrected chi connectivity index (χ4v) is 7.81. The molecule has 0 unspecified atom stereocenters. The number of rotatable bonds is 6. The van der Waals surface area contributed by atoms with Crippen molar-refractivity contribution in [3.8, 4) is 67.5 Å². The van der Waals surface area contributed by atoms with Gasteiger partial charge in [-0.15, -0.1) is 0 Å². The van der Waals surface area contributed by atoms with Gasteiger partial charge < -0.3 is 8.83 Å². The molecule has 0 aliphatic rings. The lowest BCUT2D eigenvalue weighted by Crippen LogP contribution is -2.00. The fourth-order valence-electron chi connectivity index (χ4n) is 7.81. The second-order valence-electron chi connectivity index (χ2n) is 14.0. The summed E-state index contributed by atoms with van der Waals surface area (Å²) in [6.45, 7) is 0. The van der Waals surface area contributed by atoms with Crippen molar-refractivity contribution >= 4 is 43.9 Å². The van der Waals surface area contributed by atoms with Gasteiger partial charge in [0.2, 0.25) is 0 Å². The van der Waals surface area contributed by atoms with Gasteiger partial charge in [0, 0.05) is 49.4 Å². The van der Waals surface area contributed by atoms with Crippen LogP contribution in [-0.2, 0) is 0 Å². The van der Waals surface area contributed by atoms with Gasteiger partial charge in [-0.1, -0.05) is 152 Å². The molecule has 0 aliphatic carbocycles. The zero-order valence-electron chi connectivity index (χ0n) is 30.1. The molecular formula is C51H31N3O2. The third-order valence-corrected chi connectivity index (χ3v) is 10.5. The average molecular weight is 718 g/mol. The van der Waals surface area contributed by atoms with Crippen molar-refractivity contribution in [2.75, 3.05) is 0 Å². The van der Waals surface area contributed by atoms with E-state index in [2.05, 4.69) is 103 Å². The van der Waals surface area contributed by atoms with Gasteiger partial charge in [-0.3, -0.25) is 0 Å². The smallest absolute Gasteiger partial charge is 0.164 e. The minimum Gasteiger partial charge on any atom is -0.455 e. The SMILES string of the molecule is c1ccc(-c2cc(-c3ccc4c(c3)oc3c(-c5cccc6c5oc5ccccc56)cccc34)cc(-c3nc(-c4ccccc4)nc(-c4ccccc4)n3)c2)cc1. The van der Waals surface area contributed by atoms with Crippen LogP contribution >= 0.6 is 0 Å². The molecule has 0 atom stereocenters. The van der Waals surface area contributed by atoms with Crippen LogP contribution < -0.4 is 0 Å². The van der Waals surface area contributed by atoms with E-state index in [0.29, 0.717) is 17.5 Å². The van der Waals surface area contributed by atoms with Crippen LogP contribution in [0.5, 0.6) is 0 Å². The van der Waals surface area contributed by atoms with E-state index in [1.807, 2.05) is 84.9 Å². The van der Waals surface area contributed by atoms with Crippen molar-refractivity contribution in [3.63, 3.8) is 0 Å². The van der Waals surface area contributed by atoms with E-state index < -0.39 is 0 Å². The Morgan fingerprint density at radius 2 is 0.714 bits per heavy atom. The van der Waals surface area contributed by atoms with Crippen molar-refractivity contribution in [3.05, 3.63) is 188 Å². The van der Waals surface area contributed by atoms with E-state index in [0.717, 1.165) is 93.9 Å². The number of hydrogen-bond acceptors (Lipinski definition) is 5. The van der Waals surface area contributed by atoms with E-state index in [-0.39, 0.29) is 0 Å². The van der Waals surface area contributed by atoms with Gasteiger partial charge in [0.15, 0.2) is 17.5 Å². The first kappa shape index (κ1) is 31.9. The van der Waals surface area contributed by atoms with E-state index >= 15 is 0 Å². The molecule has 8 aromatic carbocycles. The molecule has 0 N–H and O–H groups in total. The maximum Gasteiger partial charge on any atom is 0.164 e. The number of fused-ring (bicyclic) bond motifs is 6. The Hall–Kier alpha value is -7.63. The highest BCUT2D eigenvalue weighted by Crippen LogP contribution is 2.42. The monoisotopic (exact) mass is 717 g/mol. The zero-order chi connectivity index (χ0) is 37.0. The summed E-state index contributed by atoms with van der Waals surface area (Å²) in [6, 6.07) is 64.5. The van der Waals surface area contributed by atoms with Crippen LogP contribution in [0.2, 0.25) is 0 Å². The van der Waals surface area contributed by atoms with Gasteiger partial charge in [0.05, 0.1) is 0 Å². The number of furan rings is 2. The maximum absolute atomic E-state index is 6.81. The summed E-state index contributed by atoms with van der Waals surface area (Å²) in [7, 11) is 0. The summed E-state index contributed by atoms with van der Waals surface area (Å²) in [5.41, 5.74) is 12.3. The van der Waals surface area contributed by atoms with E-state index in [1.54, 1.807) is 0 Å². The first-order valence-electron chi connectivity index (χ1n) is 18.7. The molecule has 262 valence electrons. The quantitative estimate of drug-likeness (QED) is 0.171. The van der Waals surface area contributed by atoms with Crippen LogP contribution in [0.25, 0.3) is 111 Å². The second-order valence-corrected chi connectivity index (χ2v) is 14.0. The first-order chi connectivity index (χ1) is 27.7. The molecule has 56 heavy (non-hydrogen) atoms. The Labute approximate surface area is 322 Å². The van der Waals surface area contributed by atoms with E-state index in [4.69, 9.17) is 23.8 Å². The predicted molar refractivity (Wildman–Crippen MR) is 227 cm³/mol. The highest BCUT2D eigenvalue weighted by atomic mass is 16.3. The lowest BCUT2D eigenvalue weighted by molar-refractivity contribution is 0.665.